The number of fused-ring (bicyclic) bond motifs is 4. The van der Waals surface area contributed by atoms with Crippen molar-refractivity contribution in [2.24, 2.45) is 11.3 Å². The molecule has 218 valence electrons. The van der Waals surface area contributed by atoms with Gasteiger partial charge in [-0.05, 0) is 67.8 Å². The largest absolute Gasteiger partial charge is 0.504 e. The Labute approximate surface area is 246 Å². The molecular formula is C33H30N4O6. The Morgan fingerprint density at radius 1 is 0.907 bits per heavy atom. The van der Waals surface area contributed by atoms with Gasteiger partial charge in [-0.15, -0.1) is 0 Å². The normalized spacial score (nSPS) is 24.3. The smallest absolute Gasteiger partial charge is 0.352 e. The van der Waals surface area contributed by atoms with Gasteiger partial charge in [0, 0.05) is 5.92 Å². The highest BCUT2D eigenvalue weighted by molar-refractivity contribution is 6.24. The Morgan fingerprint density at radius 3 is 2.26 bits per heavy atom. The molecule has 1 N–H and O–H groups in total. The molecule has 4 atom stereocenters. The van der Waals surface area contributed by atoms with Crippen molar-refractivity contribution in [2.45, 2.75) is 38.8 Å². The summed E-state index contributed by atoms with van der Waals surface area (Å²) in [4.78, 5) is 57.4. The topological polar surface area (TPSA) is 116 Å². The minimum Gasteiger partial charge on any atom is -0.504 e. The van der Waals surface area contributed by atoms with E-state index >= 15 is 0 Å². The first-order chi connectivity index (χ1) is 20.8. The summed E-state index contributed by atoms with van der Waals surface area (Å²) in [5.41, 5.74) is 0.194. The number of amides is 2. The second-order valence-electron chi connectivity index (χ2n) is 11.4. The average Bonchev–Trinajstić information content (AvgIpc) is 3.39. The second kappa shape index (κ2) is 9.72. The Morgan fingerprint density at radius 2 is 1.58 bits per heavy atom. The fourth-order valence-corrected chi connectivity index (χ4v) is 7.26. The molecule has 2 fully saturated rings. The van der Waals surface area contributed by atoms with Gasteiger partial charge in [0.1, 0.15) is 0 Å². The van der Waals surface area contributed by atoms with Crippen LogP contribution in [-0.4, -0.2) is 37.5 Å². The minimum atomic E-state index is -1.20. The third-order valence-corrected chi connectivity index (χ3v) is 9.18. The molecule has 2 aliphatic heterocycles. The van der Waals surface area contributed by atoms with Crippen LogP contribution in [0.5, 0.6) is 11.5 Å². The standard InChI is InChI=1S/C33H30N4O6/c1-3-43-27-18-20(14-15-26(27)38)28-23-16-17-34-31(41)36(22-12-8-5-9-13-22)32(42)37(34)25(23)19-24-29(39)35(30(40)33(24,28)2)21-10-6-4-7-11-21/h4-16,18,24-25,28,38H,3,17,19H2,1-2H3. The fraction of sp³-hybridized carbons (Fsp3) is 0.273. The zero-order valence-corrected chi connectivity index (χ0v) is 23.7. The van der Waals surface area contributed by atoms with E-state index in [2.05, 4.69) is 0 Å². The third kappa shape index (κ3) is 3.72. The van der Waals surface area contributed by atoms with Gasteiger partial charge >= 0.3 is 11.4 Å². The molecule has 0 bridgehead atoms. The van der Waals surface area contributed by atoms with E-state index < -0.39 is 34.7 Å². The lowest BCUT2D eigenvalue weighted by molar-refractivity contribution is -0.129. The molecular weight excluding hydrogens is 548 g/mol. The molecule has 2 amide bonds. The number of ether oxygens (including phenoxy) is 1. The predicted molar refractivity (Wildman–Crippen MR) is 159 cm³/mol. The summed E-state index contributed by atoms with van der Waals surface area (Å²) in [5, 5.41) is 10.5. The van der Waals surface area contributed by atoms with Gasteiger partial charge in [-0.25, -0.2) is 28.4 Å². The van der Waals surface area contributed by atoms with E-state index in [1.165, 1.54) is 20.3 Å². The molecule has 1 aromatic heterocycles. The van der Waals surface area contributed by atoms with Crippen molar-refractivity contribution in [3.63, 3.8) is 0 Å². The predicted octanol–water partition coefficient (Wildman–Crippen LogP) is 3.77. The molecule has 3 heterocycles. The van der Waals surface area contributed by atoms with Gasteiger partial charge in [0.25, 0.3) is 0 Å². The molecule has 3 aromatic carbocycles. The third-order valence-electron chi connectivity index (χ3n) is 9.18. The number of hydrogen-bond acceptors (Lipinski definition) is 6. The van der Waals surface area contributed by atoms with Gasteiger partial charge in [0.2, 0.25) is 11.8 Å². The number of allylic oxidation sites excluding steroid dienone is 2. The Balaban J connectivity index is 1.44. The van der Waals surface area contributed by atoms with Crippen LogP contribution in [0.4, 0.5) is 5.69 Å². The molecule has 4 unspecified atom stereocenters. The summed E-state index contributed by atoms with van der Waals surface area (Å²) < 4.78 is 9.69. The van der Waals surface area contributed by atoms with Crippen molar-refractivity contribution < 1.29 is 19.4 Å². The zero-order valence-electron chi connectivity index (χ0n) is 23.7. The highest BCUT2D eigenvalue weighted by Crippen LogP contribution is 2.61. The molecule has 4 aromatic rings. The van der Waals surface area contributed by atoms with Gasteiger partial charge in [0.15, 0.2) is 11.5 Å². The molecule has 0 radical (unpaired) electrons. The first-order valence-electron chi connectivity index (χ1n) is 14.4. The van der Waals surface area contributed by atoms with Gasteiger partial charge in [-0.1, -0.05) is 48.5 Å². The summed E-state index contributed by atoms with van der Waals surface area (Å²) in [5.74, 6) is -1.88. The first kappa shape index (κ1) is 26.8. The van der Waals surface area contributed by atoms with Crippen LogP contribution in [0.3, 0.4) is 0 Å². The zero-order chi connectivity index (χ0) is 30.0. The van der Waals surface area contributed by atoms with E-state index in [1.54, 1.807) is 60.7 Å². The Kier molecular flexibility index (Phi) is 6.05. The quantitative estimate of drug-likeness (QED) is 0.285. The van der Waals surface area contributed by atoms with Crippen molar-refractivity contribution in [3.8, 4) is 17.2 Å². The van der Waals surface area contributed by atoms with Crippen LogP contribution >= 0.6 is 0 Å². The highest BCUT2D eigenvalue weighted by Gasteiger charge is 2.65. The van der Waals surface area contributed by atoms with Crippen molar-refractivity contribution in [2.75, 3.05) is 11.5 Å². The maximum absolute atomic E-state index is 14.4. The van der Waals surface area contributed by atoms with Crippen molar-refractivity contribution >= 4 is 17.5 Å². The van der Waals surface area contributed by atoms with Crippen molar-refractivity contribution in [1.29, 1.82) is 0 Å². The molecule has 1 saturated heterocycles. The number of carbonyl (C=O) groups excluding carboxylic acids is 2. The molecule has 0 spiro atoms. The van der Waals surface area contributed by atoms with Crippen LogP contribution in [0.1, 0.15) is 37.8 Å². The van der Waals surface area contributed by atoms with Gasteiger partial charge in [0.05, 0.1) is 41.9 Å². The monoisotopic (exact) mass is 578 g/mol. The van der Waals surface area contributed by atoms with Crippen LogP contribution in [0.2, 0.25) is 0 Å². The lowest BCUT2D eigenvalue weighted by Crippen LogP contribution is -2.49. The maximum Gasteiger partial charge on any atom is 0.352 e. The van der Waals surface area contributed by atoms with E-state index in [4.69, 9.17) is 4.74 Å². The number of aromatic nitrogens is 3. The number of phenolic OH excluding ortho intramolecular Hbond substituents is 1. The molecule has 10 nitrogen and oxygen atoms in total. The SMILES string of the molecule is CCOc1cc(C2C3=CCn4c(=O)n(-c5ccccc5)c(=O)n4C3CC3C(=O)N(c4ccccc4)C(=O)C32C)ccc1O. The van der Waals surface area contributed by atoms with Crippen LogP contribution in [0.25, 0.3) is 5.69 Å². The van der Waals surface area contributed by atoms with Gasteiger partial charge < -0.3 is 9.84 Å². The number of anilines is 1. The molecule has 10 heteroatoms. The highest BCUT2D eigenvalue weighted by atomic mass is 16.5. The molecule has 43 heavy (non-hydrogen) atoms. The number of hydrogen-bond donors (Lipinski definition) is 1. The second-order valence-corrected chi connectivity index (χ2v) is 11.4. The van der Waals surface area contributed by atoms with Crippen molar-refractivity contribution in [3.05, 3.63) is 117 Å². The van der Waals surface area contributed by atoms with Gasteiger partial charge in [-0.2, -0.15) is 0 Å². The summed E-state index contributed by atoms with van der Waals surface area (Å²) in [6.07, 6.45) is 2.07. The summed E-state index contributed by atoms with van der Waals surface area (Å²) >= 11 is 0. The molecule has 7 rings (SSSR count). The van der Waals surface area contributed by atoms with Gasteiger partial charge in [-0.3, -0.25) is 9.59 Å². The van der Waals surface area contributed by atoms with Crippen LogP contribution in [0.15, 0.2) is 100 Å². The first-order valence-corrected chi connectivity index (χ1v) is 14.4. The lowest BCUT2D eigenvalue weighted by Gasteiger charge is -2.47. The minimum absolute atomic E-state index is 0.0398. The van der Waals surface area contributed by atoms with Crippen LogP contribution in [0, 0.1) is 11.3 Å². The van der Waals surface area contributed by atoms with E-state index in [0.29, 0.717) is 23.5 Å². The Hall–Kier alpha value is -5.12. The van der Waals surface area contributed by atoms with E-state index in [-0.39, 0.29) is 36.3 Å². The number of para-hydroxylation sites is 2. The number of aromatic hydroxyl groups is 1. The number of rotatable bonds is 5. The number of carbonyl (C=O) groups is 2. The molecule has 3 aliphatic rings. The molecule has 1 aliphatic carbocycles. The summed E-state index contributed by atoms with van der Waals surface area (Å²) in [6.45, 7) is 4.07. The number of imide groups is 1. The number of phenols is 1. The van der Waals surface area contributed by atoms with Crippen LogP contribution < -0.4 is 21.0 Å². The number of nitrogens with zero attached hydrogens (tertiary/aromatic N) is 4. The summed E-state index contributed by atoms with van der Waals surface area (Å²) in [6, 6.07) is 21.9. The Bertz CT molecular complexity index is 1920. The van der Waals surface area contributed by atoms with E-state index in [9.17, 15) is 24.3 Å². The van der Waals surface area contributed by atoms with E-state index in [1.807, 2.05) is 32.1 Å². The fourth-order valence-electron chi connectivity index (χ4n) is 7.26. The van der Waals surface area contributed by atoms with E-state index in [0.717, 1.165) is 10.1 Å². The van der Waals surface area contributed by atoms with Crippen LogP contribution in [-0.2, 0) is 16.1 Å². The average molecular weight is 579 g/mol. The summed E-state index contributed by atoms with van der Waals surface area (Å²) in [7, 11) is 0. The maximum atomic E-state index is 14.4. The molecule has 1 saturated carbocycles. The lowest BCUT2D eigenvalue weighted by atomic mass is 9.56. The number of benzene rings is 3. The van der Waals surface area contributed by atoms with Crippen molar-refractivity contribution in [1.82, 2.24) is 13.9 Å².